The number of halogens is 1. The van der Waals surface area contributed by atoms with Crippen LogP contribution in [0.4, 0.5) is 0 Å². The highest BCUT2D eigenvalue weighted by Crippen LogP contribution is 2.24. The van der Waals surface area contributed by atoms with E-state index in [2.05, 4.69) is 32.9 Å². The van der Waals surface area contributed by atoms with Gasteiger partial charge in [0.25, 0.3) is 0 Å². The molecule has 1 saturated heterocycles. The first-order chi connectivity index (χ1) is 10.9. The van der Waals surface area contributed by atoms with Crippen LogP contribution < -0.4 is 10.5 Å². The maximum atomic E-state index is 12.1. The number of carbonyl (C=O) groups is 1. The summed E-state index contributed by atoms with van der Waals surface area (Å²) in [5.41, 5.74) is 7.31. The van der Waals surface area contributed by atoms with Gasteiger partial charge in [-0.1, -0.05) is 32.9 Å². The smallest absolute Gasteiger partial charge is 0.222 e. The minimum atomic E-state index is 0. The van der Waals surface area contributed by atoms with Gasteiger partial charge in [-0.25, -0.2) is 0 Å². The molecule has 2 N–H and O–H groups in total. The van der Waals surface area contributed by atoms with E-state index in [-0.39, 0.29) is 29.8 Å². The van der Waals surface area contributed by atoms with Gasteiger partial charge < -0.3 is 15.4 Å². The van der Waals surface area contributed by atoms with Gasteiger partial charge in [0.05, 0.1) is 6.61 Å². The van der Waals surface area contributed by atoms with E-state index in [0.717, 1.165) is 38.1 Å². The first-order valence-corrected chi connectivity index (χ1v) is 8.63. The number of piperidine rings is 1. The minimum Gasteiger partial charge on any atom is -0.494 e. The summed E-state index contributed by atoms with van der Waals surface area (Å²) in [6.07, 6.45) is 3.14. The Morgan fingerprint density at radius 1 is 1.21 bits per heavy atom. The molecule has 1 aliphatic heterocycles. The van der Waals surface area contributed by atoms with Gasteiger partial charge in [0.2, 0.25) is 5.91 Å². The third-order valence-electron chi connectivity index (χ3n) is 4.42. The second-order valence-electron chi connectivity index (χ2n) is 7.44. The largest absolute Gasteiger partial charge is 0.494 e. The molecule has 24 heavy (non-hydrogen) atoms. The number of hydrogen-bond acceptors (Lipinski definition) is 3. The van der Waals surface area contributed by atoms with Crippen molar-refractivity contribution in [2.75, 3.05) is 19.7 Å². The van der Waals surface area contributed by atoms with Crippen LogP contribution >= 0.6 is 12.4 Å². The second kappa shape index (κ2) is 9.28. The van der Waals surface area contributed by atoms with Crippen molar-refractivity contribution in [2.45, 2.75) is 57.9 Å². The zero-order chi connectivity index (χ0) is 16.9. The Hall–Kier alpha value is -1.26. The van der Waals surface area contributed by atoms with Gasteiger partial charge in [-0.2, -0.15) is 0 Å². The molecule has 1 amide bonds. The van der Waals surface area contributed by atoms with Crippen LogP contribution in [0.1, 0.15) is 52.0 Å². The summed E-state index contributed by atoms with van der Waals surface area (Å²) in [5, 5.41) is 0. The maximum absolute atomic E-state index is 12.1. The van der Waals surface area contributed by atoms with Crippen LogP contribution in [0.5, 0.6) is 5.75 Å². The highest BCUT2D eigenvalue weighted by molar-refractivity contribution is 5.85. The van der Waals surface area contributed by atoms with Crippen LogP contribution in [-0.4, -0.2) is 36.5 Å². The summed E-state index contributed by atoms with van der Waals surface area (Å²) in [7, 11) is 0. The van der Waals surface area contributed by atoms with Gasteiger partial charge >= 0.3 is 0 Å². The molecule has 1 aliphatic rings. The predicted octanol–water partition coefficient (Wildman–Crippen LogP) is 3.51. The van der Waals surface area contributed by atoms with E-state index in [0.29, 0.717) is 13.0 Å². The lowest BCUT2D eigenvalue weighted by Crippen LogP contribution is -2.42. The Morgan fingerprint density at radius 2 is 1.79 bits per heavy atom. The number of rotatable bonds is 5. The summed E-state index contributed by atoms with van der Waals surface area (Å²) in [4.78, 5) is 14.0. The highest BCUT2D eigenvalue weighted by Gasteiger charge is 2.20. The van der Waals surface area contributed by atoms with Crippen molar-refractivity contribution < 1.29 is 9.53 Å². The lowest BCUT2D eigenvalue weighted by molar-refractivity contribution is -0.132. The van der Waals surface area contributed by atoms with E-state index < -0.39 is 0 Å². The highest BCUT2D eigenvalue weighted by atomic mass is 35.5. The predicted molar refractivity (Wildman–Crippen MR) is 101 cm³/mol. The third kappa shape index (κ3) is 6.33. The van der Waals surface area contributed by atoms with Crippen molar-refractivity contribution >= 4 is 18.3 Å². The lowest BCUT2D eigenvalue weighted by Gasteiger charge is -2.30. The summed E-state index contributed by atoms with van der Waals surface area (Å²) < 4.78 is 5.74. The van der Waals surface area contributed by atoms with Gasteiger partial charge in [-0.05, 0) is 42.4 Å². The van der Waals surface area contributed by atoms with Crippen molar-refractivity contribution in [3.63, 3.8) is 0 Å². The average Bonchev–Trinajstić information content (AvgIpc) is 2.51. The fraction of sp³-hybridized carbons (Fsp3) is 0.632. The summed E-state index contributed by atoms with van der Waals surface area (Å²) in [6, 6.07) is 8.50. The Kier molecular flexibility index (Phi) is 8.04. The molecule has 1 fully saturated rings. The summed E-state index contributed by atoms with van der Waals surface area (Å²) in [6.45, 7) is 8.77. The second-order valence-corrected chi connectivity index (χ2v) is 7.44. The van der Waals surface area contributed by atoms with Crippen LogP contribution in [0.3, 0.4) is 0 Å². The molecule has 5 heteroatoms. The molecule has 0 saturated carbocycles. The molecule has 0 aliphatic carbocycles. The fourth-order valence-electron chi connectivity index (χ4n) is 2.77. The monoisotopic (exact) mass is 354 g/mol. The normalized spacial score (nSPS) is 15.8. The van der Waals surface area contributed by atoms with Crippen LogP contribution in [0.15, 0.2) is 24.3 Å². The number of benzene rings is 1. The molecule has 0 radical (unpaired) electrons. The third-order valence-corrected chi connectivity index (χ3v) is 4.42. The average molecular weight is 355 g/mol. The van der Waals surface area contributed by atoms with E-state index in [1.165, 1.54) is 5.56 Å². The van der Waals surface area contributed by atoms with E-state index >= 15 is 0 Å². The number of likely N-dealkylation sites (tertiary alicyclic amines) is 1. The summed E-state index contributed by atoms with van der Waals surface area (Å²) >= 11 is 0. The molecule has 1 aromatic rings. The van der Waals surface area contributed by atoms with Gasteiger partial charge in [-0.3, -0.25) is 4.79 Å². The minimum absolute atomic E-state index is 0. The van der Waals surface area contributed by atoms with Crippen LogP contribution in [0, 0.1) is 0 Å². The lowest BCUT2D eigenvalue weighted by atomic mass is 9.87. The standard InChI is InChI=1S/C19H30N2O2.ClH/c1-19(2,3)15-6-8-17(9-7-15)23-14-4-5-18(22)21-12-10-16(20)11-13-21;/h6-9,16H,4-5,10-14,20H2,1-3H3;1H. The van der Waals surface area contributed by atoms with E-state index in [1.807, 2.05) is 17.0 Å². The van der Waals surface area contributed by atoms with Crippen LogP contribution in [0.25, 0.3) is 0 Å². The Bertz CT molecular complexity index is 503. The molecular formula is C19H31ClN2O2. The van der Waals surface area contributed by atoms with Crippen molar-refractivity contribution in [3.8, 4) is 5.75 Å². The SMILES string of the molecule is CC(C)(C)c1ccc(OCCCC(=O)N2CCC(N)CC2)cc1.Cl. The number of hydrogen-bond donors (Lipinski definition) is 1. The molecule has 1 heterocycles. The molecule has 0 unspecified atom stereocenters. The van der Waals surface area contributed by atoms with Crippen molar-refractivity contribution in [3.05, 3.63) is 29.8 Å². The first-order valence-electron chi connectivity index (χ1n) is 8.63. The van der Waals surface area contributed by atoms with Crippen LogP contribution in [0.2, 0.25) is 0 Å². The molecule has 2 rings (SSSR count). The van der Waals surface area contributed by atoms with E-state index in [9.17, 15) is 4.79 Å². The van der Waals surface area contributed by atoms with Gasteiger partial charge in [0.1, 0.15) is 5.75 Å². The molecule has 136 valence electrons. The van der Waals surface area contributed by atoms with Crippen molar-refractivity contribution in [2.24, 2.45) is 5.73 Å². The number of nitrogens with zero attached hydrogens (tertiary/aromatic N) is 1. The Labute approximate surface area is 152 Å². The van der Waals surface area contributed by atoms with E-state index in [1.54, 1.807) is 0 Å². The number of carbonyl (C=O) groups excluding carboxylic acids is 1. The quantitative estimate of drug-likeness (QED) is 0.823. The van der Waals surface area contributed by atoms with Gasteiger partial charge in [-0.15, -0.1) is 12.4 Å². The summed E-state index contributed by atoms with van der Waals surface area (Å²) in [5.74, 6) is 1.10. The van der Waals surface area contributed by atoms with Crippen LogP contribution in [-0.2, 0) is 10.2 Å². The molecule has 4 nitrogen and oxygen atoms in total. The van der Waals surface area contributed by atoms with E-state index in [4.69, 9.17) is 10.5 Å². The zero-order valence-electron chi connectivity index (χ0n) is 15.1. The molecule has 0 atom stereocenters. The topological polar surface area (TPSA) is 55.6 Å². The zero-order valence-corrected chi connectivity index (χ0v) is 15.9. The number of nitrogens with two attached hydrogens (primary N) is 1. The van der Waals surface area contributed by atoms with Crippen molar-refractivity contribution in [1.82, 2.24) is 4.90 Å². The molecular weight excluding hydrogens is 324 g/mol. The fourth-order valence-corrected chi connectivity index (χ4v) is 2.77. The molecule has 0 spiro atoms. The molecule has 1 aromatic carbocycles. The molecule has 0 bridgehead atoms. The van der Waals surface area contributed by atoms with Gasteiger partial charge in [0, 0.05) is 25.6 Å². The Morgan fingerprint density at radius 3 is 2.33 bits per heavy atom. The number of amides is 1. The Balaban J connectivity index is 0.00000288. The first kappa shape index (κ1) is 20.8. The molecule has 0 aromatic heterocycles. The van der Waals surface area contributed by atoms with Crippen molar-refractivity contribution in [1.29, 1.82) is 0 Å². The number of ether oxygens (including phenoxy) is 1. The van der Waals surface area contributed by atoms with Gasteiger partial charge in [0.15, 0.2) is 0 Å². The maximum Gasteiger partial charge on any atom is 0.222 e.